The summed E-state index contributed by atoms with van der Waals surface area (Å²) in [5.41, 5.74) is 2.78. The van der Waals surface area contributed by atoms with Crippen molar-refractivity contribution in [1.82, 2.24) is 0 Å². The fourth-order valence-electron chi connectivity index (χ4n) is 4.87. The second-order valence-corrected chi connectivity index (χ2v) is 15.3. The first kappa shape index (κ1) is 44.0. The summed E-state index contributed by atoms with van der Waals surface area (Å²) in [7, 11) is 0. The molecule has 0 aliphatic carbocycles. The van der Waals surface area contributed by atoms with Crippen LogP contribution in [0.5, 0.6) is 11.5 Å². The Kier molecular flexibility index (Phi) is 16.5. The summed E-state index contributed by atoms with van der Waals surface area (Å²) in [4.78, 5) is 21.6. The smallest absolute Gasteiger partial charge is 0.416 e. The monoisotopic (exact) mass is 924 g/mol. The van der Waals surface area contributed by atoms with Crippen molar-refractivity contribution >= 4 is 90.0 Å². The molecular weight excluding hydrogens is 892 g/mol. The van der Waals surface area contributed by atoms with E-state index in [0.29, 0.717) is 47.8 Å². The quantitative estimate of drug-likeness (QED) is 0.0988. The predicted octanol–water partition coefficient (Wildman–Crippen LogP) is 11.9. The molecule has 0 aliphatic rings. The number of benzene rings is 4. The summed E-state index contributed by atoms with van der Waals surface area (Å²) < 4.78 is 52.0. The molecule has 0 amide bonds. The van der Waals surface area contributed by atoms with Gasteiger partial charge in [-0.05, 0) is 142 Å². The Morgan fingerprint density at radius 2 is 1.09 bits per heavy atom. The molecule has 0 radical (unpaired) electrons. The molecule has 4 aromatic carbocycles. The normalized spacial score (nSPS) is 11.2. The molecule has 0 aromatic heterocycles. The van der Waals surface area contributed by atoms with Gasteiger partial charge in [-0.25, -0.2) is 0 Å². The van der Waals surface area contributed by atoms with Crippen molar-refractivity contribution in [2.75, 3.05) is 10.6 Å². The minimum Gasteiger partial charge on any atom is -0.487 e. The molecule has 16 heteroatoms. The van der Waals surface area contributed by atoms with Gasteiger partial charge in [0.1, 0.15) is 19.0 Å². The third kappa shape index (κ3) is 14.8. The number of carboxylic acids is 2. The standard InChI is InChI=1S/C19H18Br2F3NO3.C18H18Cl3NO3/c1-10(2)25-14-4-12(3-13(8-14)19(22,23)24)9-28-18-15(20)5-11(6-16(18)21)7-17(26)27;1-10(2)22-14-4-12(3-13(19)8-14)9-25-18-15(20)5-11(6-16(18)21)7-17(23)24/h3-6,8,10,25H,7,9H2,1-2H3,(H,26,27);3-6,8,10,22H,7,9H2,1-2H3,(H,23,24). The number of halogens is 8. The van der Waals surface area contributed by atoms with Crippen LogP contribution in [0.2, 0.25) is 15.1 Å². The molecule has 0 spiro atoms. The topological polar surface area (TPSA) is 117 Å². The Labute approximate surface area is 337 Å². The summed E-state index contributed by atoms with van der Waals surface area (Å²) in [5.74, 6) is -1.23. The lowest BCUT2D eigenvalue weighted by Crippen LogP contribution is -2.13. The van der Waals surface area contributed by atoms with E-state index in [1.165, 1.54) is 0 Å². The number of nitrogens with one attached hydrogen (secondary N) is 2. The molecule has 0 bridgehead atoms. The molecule has 0 heterocycles. The van der Waals surface area contributed by atoms with Gasteiger partial charge in [-0.15, -0.1) is 0 Å². The summed E-state index contributed by atoms with van der Waals surface area (Å²) in [6.45, 7) is 7.88. The zero-order valence-corrected chi connectivity index (χ0v) is 34.2. The predicted molar refractivity (Wildman–Crippen MR) is 210 cm³/mol. The molecule has 0 aliphatic heterocycles. The van der Waals surface area contributed by atoms with Crippen LogP contribution < -0.4 is 20.1 Å². The van der Waals surface area contributed by atoms with Crippen molar-refractivity contribution in [3.63, 3.8) is 0 Å². The van der Waals surface area contributed by atoms with E-state index in [0.717, 1.165) is 23.4 Å². The molecule has 8 nitrogen and oxygen atoms in total. The van der Waals surface area contributed by atoms with Gasteiger partial charge in [0.05, 0.1) is 37.4 Å². The van der Waals surface area contributed by atoms with Crippen molar-refractivity contribution in [3.05, 3.63) is 112 Å². The Morgan fingerprint density at radius 3 is 1.55 bits per heavy atom. The highest BCUT2D eigenvalue weighted by Gasteiger charge is 2.31. The summed E-state index contributed by atoms with van der Waals surface area (Å²) >= 11 is 25.1. The summed E-state index contributed by atoms with van der Waals surface area (Å²) in [6, 6.07) is 15.8. The zero-order chi connectivity index (χ0) is 39.6. The first-order chi connectivity index (χ1) is 24.7. The van der Waals surface area contributed by atoms with E-state index in [-0.39, 0.29) is 48.2 Å². The summed E-state index contributed by atoms with van der Waals surface area (Å²) in [6.07, 6.45) is -4.78. The van der Waals surface area contributed by atoms with Crippen LogP contribution >= 0.6 is 66.7 Å². The van der Waals surface area contributed by atoms with Crippen molar-refractivity contribution in [3.8, 4) is 11.5 Å². The fraction of sp³-hybridized carbons (Fsp3) is 0.297. The SMILES string of the molecule is CC(C)Nc1cc(COc2c(Br)cc(CC(=O)O)cc2Br)cc(C(F)(F)F)c1.CC(C)Nc1cc(Cl)cc(COc2c(Cl)cc(CC(=O)O)cc2Cl)c1. The maximum atomic E-state index is 13.2. The van der Waals surface area contributed by atoms with Crippen LogP contribution in [0.25, 0.3) is 0 Å². The maximum absolute atomic E-state index is 13.2. The lowest BCUT2D eigenvalue weighted by atomic mass is 10.1. The Balaban J connectivity index is 0.000000287. The second kappa shape index (κ2) is 19.8. The Morgan fingerprint density at radius 1 is 0.660 bits per heavy atom. The van der Waals surface area contributed by atoms with Crippen LogP contribution in [-0.2, 0) is 41.8 Å². The van der Waals surface area contributed by atoms with Crippen LogP contribution in [0.1, 0.15) is 55.5 Å². The van der Waals surface area contributed by atoms with E-state index in [4.69, 9.17) is 54.5 Å². The molecule has 4 rings (SSSR count). The van der Waals surface area contributed by atoms with Crippen molar-refractivity contribution in [2.45, 2.75) is 72.0 Å². The van der Waals surface area contributed by atoms with Gasteiger partial charge < -0.3 is 30.3 Å². The van der Waals surface area contributed by atoms with Crippen molar-refractivity contribution < 1.29 is 42.4 Å². The third-order valence-electron chi connectivity index (χ3n) is 6.78. The van der Waals surface area contributed by atoms with Gasteiger partial charge in [0, 0.05) is 28.5 Å². The number of ether oxygens (including phenoxy) is 2. The number of hydrogen-bond acceptors (Lipinski definition) is 6. The van der Waals surface area contributed by atoms with Gasteiger partial charge >= 0.3 is 18.1 Å². The maximum Gasteiger partial charge on any atom is 0.416 e. The molecular formula is C37H36Br2Cl3F3N2O6. The molecule has 4 aromatic rings. The van der Waals surface area contributed by atoms with E-state index in [2.05, 4.69) is 42.5 Å². The van der Waals surface area contributed by atoms with Crippen LogP contribution in [0.3, 0.4) is 0 Å². The van der Waals surface area contributed by atoms with Gasteiger partial charge in [-0.2, -0.15) is 13.2 Å². The largest absolute Gasteiger partial charge is 0.487 e. The van der Waals surface area contributed by atoms with E-state index in [1.54, 1.807) is 36.4 Å². The van der Waals surface area contributed by atoms with Gasteiger partial charge in [-0.3, -0.25) is 9.59 Å². The zero-order valence-electron chi connectivity index (χ0n) is 28.8. The highest BCUT2D eigenvalue weighted by Crippen LogP contribution is 2.38. The molecule has 286 valence electrons. The third-order valence-corrected chi connectivity index (χ3v) is 8.74. The van der Waals surface area contributed by atoms with E-state index >= 15 is 0 Å². The van der Waals surface area contributed by atoms with Crippen molar-refractivity contribution in [2.24, 2.45) is 0 Å². The molecule has 0 unspecified atom stereocenters. The molecule has 0 saturated carbocycles. The number of hydrogen-bond donors (Lipinski definition) is 4. The Hall–Kier alpha value is -3.36. The first-order valence-electron chi connectivity index (χ1n) is 15.9. The molecule has 4 N–H and O–H groups in total. The van der Waals surface area contributed by atoms with Gasteiger partial charge in [0.2, 0.25) is 0 Å². The van der Waals surface area contributed by atoms with Crippen molar-refractivity contribution in [1.29, 1.82) is 0 Å². The van der Waals surface area contributed by atoms with Crippen LogP contribution in [0.4, 0.5) is 24.5 Å². The lowest BCUT2D eigenvalue weighted by Gasteiger charge is -2.17. The van der Waals surface area contributed by atoms with Gasteiger partial charge in [-0.1, -0.05) is 34.8 Å². The average Bonchev–Trinajstić information content (AvgIpc) is 2.98. The van der Waals surface area contributed by atoms with E-state index in [1.807, 2.05) is 39.8 Å². The van der Waals surface area contributed by atoms with Crippen LogP contribution in [0, 0.1) is 0 Å². The molecule has 0 saturated heterocycles. The molecule has 0 fully saturated rings. The minimum atomic E-state index is -4.47. The van der Waals surface area contributed by atoms with Gasteiger partial charge in [0.25, 0.3) is 0 Å². The average molecular weight is 928 g/mol. The highest BCUT2D eigenvalue weighted by atomic mass is 79.9. The Bertz CT molecular complexity index is 1880. The highest BCUT2D eigenvalue weighted by molar-refractivity contribution is 9.11. The van der Waals surface area contributed by atoms with Gasteiger partial charge in [0.15, 0.2) is 5.75 Å². The molecule has 53 heavy (non-hydrogen) atoms. The number of rotatable bonds is 14. The van der Waals surface area contributed by atoms with Crippen LogP contribution in [0.15, 0.2) is 69.6 Å². The van der Waals surface area contributed by atoms with E-state index < -0.39 is 23.7 Å². The number of alkyl halides is 3. The number of carboxylic acid groups (broad SMARTS) is 2. The minimum absolute atomic E-state index is 0.0256. The summed E-state index contributed by atoms with van der Waals surface area (Å²) in [5, 5.41) is 25.1. The number of anilines is 2. The fourth-order valence-corrected chi connectivity index (χ4v) is 7.28. The molecule has 0 atom stereocenters. The lowest BCUT2D eigenvalue weighted by molar-refractivity contribution is -0.138. The number of carbonyl (C=O) groups is 2. The van der Waals surface area contributed by atoms with E-state index in [9.17, 15) is 22.8 Å². The van der Waals surface area contributed by atoms with Crippen LogP contribution in [-0.4, -0.2) is 34.2 Å². The second-order valence-electron chi connectivity index (χ2n) is 12.4. The number of aliphatic carboxylic acids is 2. The first-order valence-corrected chi connectivity index (χ1v) is 18.6.